The van der Waals surface area contributed by atoms with Crippen LogP contribution >= 0.6 is 23.4 Å². The Balaban J connectivity index is 2.15. The fraction of sp³-hybridized carbons (Fsp3) is 0.111. The Hall–Kier alpha value is -2.96. The first-order chi connectivity index (χ1) is 13.4. The second-order valence-corrected chi connectivity index (χ2v) is 6.89. The van der Waals surface area contributed by atoms with Gasteiger partial charge in [0.25, 0.3) is 5.56 Å². The van der Waals surface area contributed by atoms with Gasteiger partial charge in [-0.05, 0) is 30.3 Å². The summed E-state index contributed by atoms with van der Waals surface area (Å²) in [4.78, 5) is 29.1. The minimum absolute atomic E-state index is 0.0393. The fourth-order valence-corrected chi connectivity index (χ4v) is 3.44. The zero-order valence-electron chi connectivity index (χ0n) is 14.1. The van der Waals surface area contributed by atoms with E-state index in [1.807, 2.05) is 0 Å². The molecule has 28 heavy (non-hydrogen) atoms. The molecule has 3 rings (SSSR count). The lowest BCUT2D eigenvalue weighted by atomic mass is 10.2. The monoisotopic (exact) mass is 420 g/mol. The molecule has 0 fully saturated rings. The van der Waals surface area contributed by atoms with Crippen molar-refractivity contribution in [1.82, 2.24) is 14.9 Å². The van der Waals surface area contributed by atoms with Crippen molar-refractivity contribution in [2.24, 2.45) is 0 Å². The minimum Gasteiger partial charge on any atom is -0.342 e. The third kappa shape index (κ3) is 4.13. The summed E-state index contributed by atoms with van der Waals surface area (Å²) in [6.45, 7) is -0.164. The number of carbonyl (C=O) groups is 1. The average molecular weight is 421 g/mol. The van der Waals surface area contributed by atoms with Gasteiger partial charge in [0.05, 0.1) is 28.4 Å². The van der Waals surface area contributed by atoms with Crippen LogP contribution in [0.4, 0.5) is 8.78 Å². The number of hydrogen-bond donors (Lipinski definition) is 1. The van der Waals surface area contributed by atoms with E-state index in [1.54, 1.807) is 12.1 Å². The molecule has 0 spiro atoms. The van der Waals surface area contributed by atoms with Crippen LogP contribution in [0.3, 0.4) is 0 Å². The van der Waals surface area contributed by atoms with Gasteiger partial charge in [0.2, 0.25) is 5.91 Å². The highest BCUT2D eigenvalue weighted by Gasteiger charge is 2.18. The summed E-state index contributed by atoms with van der Waals surface area (Å²) in [7, 11) is 0. The summed E-state index contributed by atoms with van der Waals surface area (Å²) < 4.78 is 28.6. The van der Waals surface area contributed by atoms with Gasteiger partial charge in [-0.15, -0.1) is 0 Å². The summed E-state index contributed by atoms with van der Waals surface area (Å²) in [6.07, 6.45) is 0. The van der Waals surface area contributed by atoms with Gasteiger partial charge in [-0.25, -0.2) is 13.8 Å². The Kier molecular flexibility index (Phi) is 5.92. The molecule has 0 unspecified atom stereocenters. The highest BCUT2D eigenvalue weighted by Crippen LogP contribution is 2.24. The van der Waals surface area contributed by atoms with Crippen molar-refractivity contribution in [2.45, 2.75) is 5.16 Å². The van der Waals surface area contributed by atoms with Gasteiger partial charge >= 0.3 is 0 Å². The van der Waals surface area contributed by atoms with Crippen molar-refractivity contribution < 1.29 is 13.6 Å². The first-order valence-electron chi connectivity index (χ1n) is 7.85. The van der Waals surface area contributed by atoms with E-state index in [0.29, 0.717) is 16.6 Å². The number of hydrogen-bond acceptors (Lipinski definition) is 5. The number of thioether (sulfide) groups is 1. The number of fused-ring (bicyclic) bond motifs is 1. The number of rotatable bonds is 5. The predicted molar refractivity (Wildman–Crippen MR) is 102 cm³/mol. The standard InChI is InChI=1S/C18H11ClF2N4O2S/c19-10-1-3-14-12(7-10)17(27)25(15-4-2-11(20)8-13(15)21)18(24-14)28-9-16(26)23-6-5-22/h1-4,7-8H,6,9H2,(H,23,26). The molecule has 0 saturated heterocycles. The predicted octanol–water partition coefficient (Wildman–Crippen LogP) is 3.05. The second-order valence-electron chi connectivity index (χ2n) is 5.52. The molecule has 142 valence electrons. The number of nitriles is 1. The Labute approximate surface area is 166 Å². The van der Waals surface area contributed by atoms with Gasteiger partial charge in [0.1, 0.15) is 18.2 Å². The van der Waals surface area contributed by atoms with Crippen molar-refractivity contribution >= 4 is 40.2 Å². The lowest BCUT2D eigenvalue weighted by Crippen LogP contribution is -2.27. The SMILES string of the molecule is N#CCNC(=O)CSc1nc2ccc(Cl)cc2c(=O)n1-c1ccc(F)cc1F. The molecule has 0 bridgehead atoms. The van der Waals surface area contributed by atoms with Crippen LogP contribution in [0.25, 0.3) is 16.6 Å². The fourth-order valence-electron chi connectivity index (χ4n) is 2.43. The Morgan fingerprint density at radius 2 is 2.07 bits per heavy atom. The molecular weight excluding hydrogens is 410 g/mol. The highest BCUT2D eigenvalue weighted by molar-refractivity contribution is 7.99. The van der Waals surface area contributed by atoms with Crippen LogP contribution in [0.2, 0.25) is 5.02 Å². The van der Waals surface area contributed by atoms with Crippen LogP contribution in [-0.4, -0.2) is 27.8 Å². The number of nitrogens with zero attached hydrogens (tertiary/aromatic N) is 3. The second kappa shape index (κ2) is 8.37. The summed E-state index contributed by atoms with van der Waals surface area (Å²) in [5.41, 5.74) is -0.508. The molecule has 1 N–H and O–H groups in total. The molecule has 0 radical (unpaired) electrons. The maximum Gasteiger partial charge on any atom is 0.266 e. The maximum atomic E-state index is 14.4. The third-order valence-corrected chi connectivity index (χ3v) is 4.82. The first-order valence-corrected chi connectivity index (χ1v) is 9.21. The van der Waals surface area contributed by atoms with Gasteiger partial charge in [-0.1, -0.05) is 23.4 Å². The molecule has 1 heterocycles. The van der Waals surface area contributed by atoms with Crippen LogP contribution in [0.5, 0.6) is 0 Å². The first kappa shape index (κ1) is 19.8. The molecule has 1 amide bonds. The molecule has 0 aliphatic carbocycles. The zero-order valence-corrected chi connectivity index (χ0v) is 15.7. The van der Waals surface area contributed by atoms with Gasteiger partial charge in [0.15, 0.2) is 5.16 Å². The van der Waals surface area contributed by atoms with E-state index in [0.717, 1.165) is 28.5 Å². The van der Waals surface area contributed by atoms with E-state index in [2.05, 4.69) is 10.3 Å². The summed E-state index contributed by atoms with van der Waals surface area (Å²) >= 11 is 6.83. The summed E-state index contributed by atoms with van der Waals surface area (Å²) in [5, 5.41) is 11.4. The molecule has 0 aliphatic heterocycles. The van der Waals surface area contributed by atoms with Crippen molar-refractivity contribution in [1.29, 1.82) is 5.26 Å². The third-order valence-electron chi connectivity index (χ3n) is 3.65. The average Bonchev–Trinajstić information content (AvgIpc) is 2.66. The van der Waals surface area contributed by atoms with Crippen LogP contribution in [0.1, 0.15) is 0 Å². The van der Waals surface area contributed by atoms with Crippen molar-refractivity contribution in [3.63, 3.8) is 0 Å². The quantitative estimate of drug-likeness (QED) is 0.389. The molecule has 0 atom stereocenters. The molecular formula is C18H11ClF2N4O2S. The molecule has 2 aromatic carbocycles. The number of aromatic nitrogens is 2. The van der Waals surface area contributed by atoms with Crippen LogP contribution in [-0.2, 0) is 4.79 Å². The van der Waals surface area contributed by atoms with Gasteiger partial charge in [0, 0.05) is 11.1 Å². The Morgan fingerprint density at radius 3 is 2.79 bits per heavy atom. The van der Waals surface area contributed by atoms with E-state index in [1.165, 1.54) is 12.1 Å². The zero-order chi connectivity index (χ0) is 20.3. The number of benzene rings is 2. The van der Waals surface area contributed by atoms with Crippen LogP contribution in [0, 0.1) is 23.0 Å². The van der Waals surface area contributed by atoms with Crippen LogP contribution < -0.4 is 10.9 Å². The smallest absolute Gasteiger partial charge is 0.266 e. The van der Waals surface area contributed by atoms with E-state index < -0.39 is 23.1 Å². The molecule has 1 aromatic heterocycles. The number of nitrogens with one attached hydrogen (secondary N) is 1. The number of halogens is 3. The van der Waals surface area contributed by atoms with Gasteiger partial charge in [-0.2, -0.15) is 5.26 Å². The number of carbonyl (C=O) groups excluding carboxylic acids is 1. The molecule has 3 aromatic rings. The maximum absolute atomic E-state index is 14.4. The largest absolute Gasteiger partial charge is 0.342 e. The lowest BCUT2D eigenvalue weighted by molar-refractivity contribution is -0.118. The summed E-state index contributed by atoms with van der Waals surface area (Å²) in [5.74, 6) is -2.36. The van der Waals surface area contributed by atoms with E-state index in [4.69, 9.17) is 16.9 Å². The highest BCUT2D eigenvalue weighted by atomic mass is 35.5. The Morgan fingerprint density at radius 1 is 1.29 bits per heavy atom. The molecule has 6 nitrogen and oxygen atoms in total. The van der Waals surface area contributed by atoms with Gasteiger partial charge < -0.3 is 5.32 Å². The van der Waals surface area contributed by atoms with E-state index >= 15 is 0 Å². The number of amides is 1. The lowest BCUT2D eigenvalue weighted by Gasteiger charge is -2.14. The minimum atomic E-state index is -0.957. The van der Waals surface area contributed by atoms with Crippen LogP contribution in [0.15, 0.2) is 46.3 Å². The van der Waals surface area contributed by atoms with Crippen molar-refractivity contribution in [3.05, 3.63) is 63.4 Å². The summed E-state index contributed by atoms with van der Waals surface area (Å²) in [6, 6.07) is 9.04. The normalized spacial score (nSPS) is 10.6. The Bertz CT molecular complexity index is 1180. The van der Waals surface area contributed by atoms with Gasteiger partial charge in [-0.3, -0.25) is 14.2 Å². The molecule has 0 saturated carbocycles. The van der Waals surface area contributed by atoms with E-state index in [-0.39, 0.29) is 28.5 Å². The van der Waals surface area contributed by atoms with Crippen molar-refractivity contribution in [3.8, 4) is 11.8 Å². The molecule has 0 aliphatic rings. The van der Waals surface area contributed by atoms with E-state index in [9.17, 15) is 18.4 Å². The van der Waals surface area contributed by atoms with Crippen molar-refractivity contribution in [2.75, 3.05) is 12.3 Å². The molecule has 10 heteroatoms. The topological polar surface area (TPSA) is 87.8 Å².